The van der Waals surface area contributed by atoms with Crippen LogP contribution in [0.1, 0.15) is 28.5 Å². The first-order chi connectivity index (χ1) is 11.1. The molecule has 3 aromatic rings. The van der Waals surface area contributed by atoms with Crippen molar-refractivity contribution in [1.82, 2.24) is 4.98 Å². The number of carbonyl (C=O) groups is 1. The molecule has 0 aliphatic heterocycles. The number of rotatable bonds is 4. The maximum atomic E-state index is 11.3. The van der Waals surface area contributed by atoms with Gasteiger partial charge in [-0.3, -0.25) is 0 Å². The second-order valence-corrected chi connectivity index (χ2v) is 5.56. The number of carboxylic acids is 1. The smallest absolute Gasteiger partial charge is 0.354 e. The highest BCUT2D eigenvalue weighted by Crippen LogP contribution is 2.28. The number of fused-ring (bicyclic) bond motifs is 1. The minimum atomic E-state index is -1.03. The van der Waals surface area contributed by atoms with Crippen LogP contribution in [0.15, 0.2) is 48.5 Å². The first-order valence-corrected chi connectivity index (χ1v) is 7.57. The molecule has 0 fully saturated rings. The molecule has 23 heavy (non-hydrogen) atoms. The van der Waals surface area contributed by atoms with E-state index in [1.807, 2.05) is 37.3 Å². The van der Waals surface area contributed by atoms with E-state index < -0.39 is 5.97 Å². The number of hydrogen-bond acceptors (Lipinski definition) is 3. The molecule has 2 aromatic carbocycles. The molecule has 0 bridgehead atoms. The van der Waals surface area contributed by atoms with Crippen molar-refractivity contribution in [3.63, 3.8) is 0 Å². The largest absolute Gasteiger partial charge is 0.477 e. The van der Waals surface area contributed by atoms with Gasteiger partial charge in [-0.2, -0.15) is 0 Å². The van der Waals surface area contributed by atoms with Crippen molar-refractivity contribution in [3.05, 3.63) is 65.4 Å². The molecule has 0 amide bonds. The molecule has 116 valence electrons. The number of pyridine rings is 1. The third kappa shape index (κ3) is 3.16. The fourth-order valence-corrected chi connectivity index (χ4v) is 2.58. The van der Waals surface area contributed by atoms with Crippen LogP contribution in [0.3, 0.4) is 0 Å². The normalized spacial score (nSPS) is 10.7. The lowest BCUT2D eigenvalue weighted by molar-refractivity contribution is 0.0691. The summed E-state index contributed by atoms with van der Waals surface area (Å²) in [6.07, 6.45) is 0.950. The summed E-state index contributed by atoms with van der Waals surface area (Å²) in [5.74, 6) is -1.03. The quantitative estimate of drug-likeness (QED) is 0.742. The SMILES string of the molecule is CCc1cccc(Nc2cc(C(=O)O)nc3ccc(C)cc23)c1. The van der Waals surface area contributed by atoms with E-state index in [2.05, 4.69) is 29.4 Å². The molecule has 1 heterocycles. The Morgan fingerprint density at radius 2 is 2.00 bits per heavy atom. The molecule has 0 aliphatic carbocycles. The van der Waals surface area contributed by atoms with E-state index in [1.54, 1.807) is 6.07 Å². The summed E-state index contributed by atoms with van der Waals surface area (Å²) in [5, 5.41) is 13.5. The number of aryl methyl sites for hydroxylation is 2. The maximum Gasteiger partial charge on any atom is 0.354 e. The minimum absolute atomic E-state index is 0.0375. The monoisotopic (exact) mass is 306 g/mol. The first-order valence-electron chi connectivity index (χ1n) is 7.57. The van der Waals surface area contributed by atoms with Crippen molar-refractivity contribution >= 4 is 28.2 Å². The molecule has 0 atom stereocenters. The molecule has 4 nitrogen and oxygen atoms in total. The standard InChI is InChI=1S/C19H18N2O2/c1-3-13-5-4-6-14(10-13)20-17-11-18(19(22)23)21-16-8-7-12(2)9-15(16)17/h4-11H,3H2,1-2H3,(H,20,21)(H,22,23). The Hall–Kier alpha value is -2.88. The number of aromatic nitrogens is 1. The lowest BCUT2D eigenvalue weighted by Crippen LogP contribution is -2.03. The summed E-state index contributed by atoms with van der Waals surface area (Å²) in [6, 6.07) is 15.5. The number of benzene rings is 2. The molecule has 0 unspecified atom stereocenters. The summed E-state index contributed by atoms with van der Waals surface area (Å²) in [6.45, 7) is 4.11. The van der Waals surface area contributed by atoms with Crippen molar-refractivity contribution < 1.29 is 9.90 Å². The summed E-state index contributed by atoms with van der Waals surface area (Å²) in [5.41, 5.74) is 4.73. The molecule has 0 aliphatic rings. The summed E-state index contributed by atoms with van der Waals surface area (Å²) < 4.78 is 0. The summed E-state index contributed by atoms with van der Waals surface area (Å²) in [4.78, 5) is 15.5. The van der Waals surface area contributed by atoms with E-state index in [9.17, 15) is 9.90 Å². The lowest BCUT2D eigenvalue weighted by Gasteiger charge is -2.12. The van der Waals surface area contributed by atoms with Gasteiger partial charge in [-0.25, -0.2) is 9.78 Å². The van der Waals surface area contributed by atoms with Crippen molar-refractivity contribution in [3.8, 4) is 0 Å². The van der Waals surface area contributed by atoms with Gasteiger partial charge in [0.05, 0.1) is 11.2 Å². The molecule has 4 heteroatoms. The Balaban J connectivity index is 2.13. The van der Waals surface area contributed by atoms with Gasteiger partial charge in [0.2, 0.25) is 0 Å². The molecule has 0 spiro atoms. The van der Waals surface area contributed by atoms with Gasteiger partial charge >= 0.3 is 5.97 Å². The van der Waals surface area contributed by atoms with Crippen LogP contribution in [0.2, 0.25) is 0 Å². The highest BCUT2D eigenvalue weighted by atomic mass is 16.4. The molecular weight excluding hydrogens is 288 g/mol. The second kappa shape index (κ2) is 6.08. The predicted molar refractivity (Wildman–Crippen MR) is 92.5 cm³/mol. The maximum absolute atomic E-state index is 11.3. The van der Waals surface area contributed by atoms with Crippen LogP contribution >= 0.6 is 0 Å². The van der Waals surface area contributed by atoms with Crippen LogP contribution in [0.5, 0.6) is 0 Å². The van der Waals surface area contributed by atoms with Crippen molar-refractivity contribution in [2.24, 2.45) is 0 Å². The second-order valence-electron chi connectivity index (χ2n) is 5.56. The van der Waals surface area contributed by atoms with E-state index in [0.29, 0.717) is 5.52 Å². The number of carboxylic acid groups (broad SMARTS) is 1. The Kier molecular flexibility index (Phi) is 3.98. The Morgan fingerprint density at radius 1 is 1.17 bits per heavy atom. The van der Waals surface area contributed by atoms with Crippen LogP contribution in [0.25, 0.3) is 10.9 Å². The van der Waals surface area contributed by atoms with Crippen molar-refractivity contribution in [1.29, 1.82) is 0 Å². The van der Waals surface area contributed by atoms with Gasteiger partial charge in [0, 0.05) is 11.1 Å². The molecule has 2 N–H and O–H groups in total. The first kappa shape index (κ1) is 15.0. The minimum Gasteiger partial charge on any atom is -0.477 e. The molecule has 3 rings (SSSR count). The van der Waals surface area contributed by atoms with Gasteiger partial charge in [0.1, 0.15) is 0 Å². The zero-order valence-electron chi connectivity index (χ0n) is 13.1. The fourth-order valence-electron chi connectivity index (χ4n) is 2.58. The van der Waals surface area contributed by atoms with Gasteiger partial charge in [-0.05, 0) is 49.2 Å². The summed E-state index contributed by atoms with van der Waals surface area (Å²) in [7, 11) is 0. The average molecular weight is 306 g/mol. The van der Waals surface area contributed by atoms with E-state index >= 15 is 0 Å². The van der Waals surface area contributed by atoms with E-state index in [4.69, 9.17) is 0 Å². The van der Waals surface area contributed by atoms with Crippen LogP contribution in [0, 0.1) is 6.92 Å². The molecule has 0 radical (unpaired) electrons. The summed E-state index contributed by atoms with van der Waals surface area (Å²) >= 11 is 0. The van der Waals surface area contributed by atoms with Crippen LogP contribution in [0.4, 0.5) is 11.4 Å². The van der Waals surface area contributed by atoms with Gasteiger partial charge < -0.3 is 10.4 Å². The zero-order valence-corrected chi connectivity index (χ0v) is 13.1. The fraction of sp³-hybridized carbons (Fsp3) is 0.158. The average Bonchev–Trinajstić information content (AvgIpc) is 2.55. The van der Waals surface area contributed by atoms with Crippen LogP contribution < -0.4 is 5.32 Å². The zero-order chi connectivity index (χ0) is 16.4. The van der Waals surface area contributed by atoms with E-state index in [-0.39, 0.29) is 5.69 Å². The van der Waals surface area contributed by atoms with Gasteiger partial charge in [0.25, 0.3) is 0 Å². The van der Waals surface area contributed by atoms with E-state index in [0.717, 1.165) is 28.7 Å². The Morgan fingerprint density at radius 3 is 2.74 bits per heavy atom. The number of aromatic carboxylic acids is 1. The van der Waals surface area contributed by atoms with Crippen LogP contribution in [-0.4, -0.2) is 16.1 Å². The number of nitrogens with one attached hydrogen (secondary N) is 1. The van der Waals surface area contributed by atoms with Crippen molar-refractivity contribution in [2.75, 3.05) is 5.32 Å². The number of nitrogens with zero attached hydrogens (tertiary/aromatic N) is 1. The topological polar surface area (TPSA) is 62.2 Å². The van der Waals surface area contributed by atoms with Crippen molar-refractivity contribution in [2.45, 2.75) is 20.3 Å². The third-order valence-electron chi connectivity index (χ3n) is 3.80. The Bertz CT molecular complexity index is 888. The van der Waals surface area contributed by atoms with Gasteiger partial charge in [-0.15, -0.1) is 0 Å². The van der Waals surface area contributed by atoms with Crippen LogP contribution in [-0.2, 0) is 6.42 Å². The third-order valence-corrected chi connectivity index (χ3v) is 3.80. The lowest BCUT2D eigenvalue weighted by atomic mass is 10.1. The van der Waals surface area contributed by atoms with Gasteiger partial charge in [-0.1, -0.05) is 30.7 Å². The number of hydrogen-bond donors (Lipinski definition) is 2. The van der Waals surface area contributed by atoms with Gasteiger partial charge in [0.15, 0.2) is 5.69 Å². The number of anilines is 2. The van der Waals surface area contributed by atoms with E-state index in [1.165, 1.54) is 5.56 Å². The molecular formula is C19H18N2O2. The highest BCUT2D eigenvalue weighted by Gasteiger charge is 2.11. The molecule has 0 saturated heterocycles. The molecule has 1 aromatic heterocycles. The predicted octanol–water partition coefficient (Wildman–Crippen LogP) is 4.55. The Labute approximate surface area is 134 Å². The highest BCUT2D eigenvalue weighted by molar-refractivity contribution is 5.98. The molecule has 0 saturated carbocycles.